The van der Waals surface area contributed by atoms with Crippen LogP contribution in [0.25, 0.3) is 0 Å². The van der Waals surface area contributed by atoms with Gasteiger partial charge in [-0.3, -0.25) is 9.78 Å². The Morgan fingerprint density at radius 1 is 1.46 bits per heavy atom. The van der Waals surface area contributed by atoms with Crippen molar-refractivity contribution >= 4 is 17.7 Å². The van der Waals surface area contributed by atoms with Crippen LogP contribution in [0, 0.1) is 0 Å². The number of aromatic amines is 1. The molecule has 122 valence electrons. The molecule has 1 amide bonds. The number of H-pyrrole nitrogens is 1. The summed E-state index contributed by atoms with van der Waals surface area (Å²) in [4.78, 5) is 23.7. The fourth-order valence-electron chi connectivity index (χ4n) is 2.90. The molecule has 3 aromatic heterocycles. The van der Waals surface area contributed by atoms with Crippen molar-refractivity contribution in [1.82, 2.24) is 24.8 Å². The monoisotopic (exact) mass is 339 g/mol. The van der Waals surface area contributed by atoms with E-state index < -0.39 is 0 Å². The summed E-state index contributed by atoms with van der Waals surface area (Å²) in [6.07, 6.45) is 9.87. The number of hydrogen-bond donors (Lipinski definition) is 2. The Hall–Kier alpha value is -2.54. The maximum atomic E-state index is 12.5. The van der Waals surface area contributed by atoms with E-state index in [1.54, 1.807) is 12.5 Å². The van der Waals surface area contributed by atoms with Crippen LogP contribution in [0.4, 0.5) is 0 Å². The van der Waals surface area contributed by atoms with Crippen LogP contribution < -0.4 is 5.32 Å². The van der Waals surface area contributed by atoms with Crippen LogP contribution in [0.2, 0.25) is 0 Å². The van der Waals surface area contributed by atoms with Gasteiger partial charge in [0.15, 0.2) is 0 Å². The predicted octanol–water partition coefficient (Wildman–Crippen LogP) is 2.37. The lowest BCUT2D eigenvalue weighted by atomic mass is 10.2. The van der Waals surface area contributed by atoms with E-state index in [-0.39, 0.29) is 11.3 Å². The summed E-state index contributed by atoms with van der Waals surface area (Å²) in [5, 5.41) is 3.17. The second-order valence-corrected chi connectivity index (χ2v) is 6.67. The Morgan fingerprint density at radius 3 is 3.21 bits per heavy atom. The maximum absolute atomic E-state index is 12.5. The van der Waals surface area contributed by atoms with Gasteiger partial charge in [-0.2, -0.15) is 0 Å². The molecule has 0 bridgehead atoms. The van der Waals surface area contributed by atoms with E-state index in [0.717, 1.165) is 34.7 Å². The summed E-state index contributed by atoms with van der Waals surface area (Å²) in [7, 11) is 0. The standard InChI is InChI=1S/C17H17N5OS/c23-16(20-6-3-13-9-19-11-21-13)14-4-7-22-15(14)10-24-17(22)12-2-1-5-18-8-12/h1-2,4-5,7-9,11,17H,3,6,10H2,(H,19,21)(H,20,23). The number of nitrogens with one attached hydrogen (secondary N) is 2. The minimum atomic E-state index is -0.0216. The highest BCUT2D eigenvalue weighted by atomic mass is 32.2. The number of imidazole rings is 1. The Balaban J connectivity index is 1.45. The molecule has 0 radical (unpaired) electrons. The molecule has 24 heavy (non-hydrogen) atoms. The summed E-state index contributed by atoms with van der Waals surface area (Å²) < 4.78 is 2.17. The summed E-state index contributed by atoms with van der Waals surface area (Å²) in [6, 6.07) is 5.92. The van der Waals surface area contributed by atoms with E-state index in [0.29, 0.717) is 6.54 Å². The number of thioether (sulfide) groups is 1. The van der Waals surface area contributed by atoms with Gasteiger partial charge in [0.25, 0.3) is 5.91 Å². The number of carbonyl (C=O) groups excluding carboxylic acids is 1. The molecule has 3 aromatic rings. The van der Waals surface area contributed by atoms with Crippen molar-refractivity contribution in [2.24, 2.45) is 0 Å². The highest BCUT2D eigenvalue weighted by molar-refractivity contribution is 7.99. The number of hydrogen-bond acceptors (Lipinski definition) is 4. The van der Waals surface area contributed by atoms with Crippen LogP contribution >= 0.6 is 11.8 Å². The van der Waals surface area contributed by atoms with Gasteiger partial charge in [-0.15, -0.1) is 11.8 Å². The largest absolute Gasteiger partial charge is 0.352 e. The molecule has 1 atom stereocenters. The minimum Gasteiger partial charge on any atom is -0.352 e. The van der Waals surface area contributed by atoms with Crippen molar-refractivity contribution in [1.29, 1.82) is 0 Å². The van der Waals surface area contributed by atoms with E-state index in [2.05, 4.69) is 30.9 Å². The molecule has 1 unspecified atom stereocenters. The van der Waals surface area contributed by atoms with Gasteiger partial charge in [0, 0.05) is 54.8 Å². The topological polar surface area (TPSA) is 75.6 Å². The third kappa shape index (κ3) is 2.82. The molecule has 0 fully saturated rings. The number of nitrogens with zero attached hydrogens (tertiary/aromatic N) is 3. The molecule has 0 saturated carbocycles. The molecule has 4 heterocycles. The Morgan fingerprint density at radius 2 is 2.42 bits per heavy atom. The van der Waals surface area contributed by atoms with Gasteiger partial charge >= 0.3 is 0 Å². The van der Waals surface area contributed by atoms with Gasteiger partial charge in [0.05, 0.1) is 17.6 Å². The normalized spacial score (nSPS) is 16.1. The van der Waals surface area contributed by atoms with Crippen molar-refractivity contribution in [2.75, 3.05) is 6.54 Å². The third-order valence-corrected chi connectivity index (χ3v) is 5.35. The maximum Gasteiger partial charge on any atom is 0.253 e. The first-order valence-corrected chi connectivity index (χ1v) is 8.85. The molecule has 2 N–H and O–H groups in total. The number of fused-ring (bicyclic) bond motifs is 1. The van der Waals surface area contributed by atoms with E-state index in [9.17, 15) is 4.79 Å². The second-order valence-electron chi connectivity index (χ2n) is 5.60. The van der Waals surface area contributed by atoms with Gasteiger partial charge < -0.3 is 14.9 Å². The summed E-state index contributed by atoms with van der Waals surface area (Å²) >= 11 is 1.81. The van der Waals surface area contributed by atoms with Crippen molar-refractivity contribution in [3.8, 4) is 0 Å². The zero-order chi connectivity index (χ0) is 16.4. The Bertz CT molecular complexity index is 828. The van der Waals surface area contributed by atoms with Crippen LogP contribution in [0.1, 0.15) is 32.7 Å². The van der Waals surface area contributed by atoms with Gasteiger partial charge in [0.1, 0.15) is 5.37 Å². The second kappa shape index (κ2) is 6.52. The highest BCUT2D eigenvalue weighted by Gasteiger charge is 2.28. The molecule has 6 nitrogen and oxygen atoms in total. The molecular weight excluding hydrogens is 322 g/mol. The molecule has 4 rings (SSSR count). The quantitative estimate of drug-likeness (QED) is 0.748. The Kier molecular flexibility index (Phi) is 4.08. The Labute approximate surface area is 143 Å². The van der Waals surface area contributed by atoms with Gasteiger partial charge in [-0.05, 0) is 12.1 Å². The van der Waals surface area contributed by atoms with Gasteiger partial charge in [-0.1, -0.05) is 6.07 Å². The first-order valence-electron chi connectivity index (χ1n) is 7.80. The fraction of sp³-hybridized carbons (Fsp3) is 0.235. The van der Waals surface area contributed by atoms with Gasteiger partial charge in [0.2, 0.25) is 0 Å². The number of carbonyl (C=O) groups is 1. The molecule has 0 aliphatic carbocycles. The number of rotatable bonds is 5. The lowest BCUT2D eigenvalue weighted by Crippen LogP contribution is -2.26. The number of pyridine rings is 1. The molecule has 0 saturated heterocycles. The molecule has 7 heteroatoms. The van der Waals surface area contributed by atoms with Crippen LogP contribution in [-0.4, -0.2) is 32.0 Å². The zero-order valence-electron chi connectivity index (χ0n) is 13.0. The summed E-state index contributed by atoms with van der Waals surface area (Å²) in [5.41, 5.74) is 3.94. The van der Waals surface area contributed by atoms with Crippen molar-refractivity contribution in [3.05, 3.63) is 71.8 Å². The van der Waals surface area contributed by atoms with E-state index >= 15 is 0 Å². The smallest absolute Gasteiger partial charge is 0.253 e. The van der Waals surface area contributed by atoms with E-state index in [1.165, 1.54) is 0 Å². The van der Waals surface area contributed by atoms with Crippen LogP contribution in [0.3, 0.4) is 0 Å². The molecule has 1 aliphatic rings. The van der Waals surface area contributed by atoms with Gasteiger partial charge in [-0.25, -0.2) is 4.98 Å². The lowest BCUT2D eigenvalue weighted by molar-refractivity contribution is 0.0953. The van der Waals surface area contributed by atoms with Crippen LogP contribution in [0.5, 0.6) is 0 Å². The molecule has 0 aromatic carbocycles. The zero-order valence-corrected chi connectivity index (χ0v) is 13.8. The third-order valence-electron chi connectivity index (χ3n) is 4.09. The predicted molar refractivity (Wildman–Crippen MR) is 92.7 cm³/mol. The first-order chi connectivity index (χ1) is 11.8. The van der Waals surface area contributed by atoms with Crippen molar-refractivity contribution < 1.29 is 4.79 Å². The number of aromatic nitrogens is 4. The van der Waals surface area contributed by atoms with E-state index in [4.69, 9.17) is 0 Å². The average molecular weight is 339 g/mol. The summed E-state index contributed by atoms with van der Waals surface area (Å²) in [6.45, 7) is 0.577. The number of amides is 1. The lowest BCUT2D eigenvalue weighted by Gasteiger charge is -2.12. The molecular formula is C17H17N5OS. The highest BCUT2D eigenvalue weighted by Crippen LogP contribution is 2.41. The molecule has 1 aliphatic heterocycles. The van der Waals surface area contributed by atoms with Crippen LogP contribution in [-0.2, 0) is 12.2 Å². The van der Waals surface area contributed by atoms with Crippen molar-refractivity contribution in [3.63, 3.8) is 0 Å². The van der Waals surface area contributed by atoms with E-state index in [1.807, 2.05) is 42.5 Å². The van der Waals surface area contributed by atoms with Crippen molar-refractivity contribution in [2.45, 2.75) is 17.5 Å². The first kappa shape index (κ1) is 15.0. The molecule has 0 spiro atoms. The minimum absolute atomic E-state index is 0.0216. The summed E-state index contributed by atoms with van der Waals surface area (Å²) in [5.74, 6) is 0.807. The SMILES string of the molecule is O=C(NCCc1c[nH]cn1)c1ccn2c1CSC2c1cccnc1. The van der Waals surface area contributed by atoms with Crippen LogP contribution in [0.15, 0.2) is 49.3 Å². The fourth-order valence-corrected chi connectivity index (χ4v) is 4.21. The average Bonchev–Trinajstić information content (AvgIpc) is 3.33.